The zero-order chi connectivity index (χ0) is 12.0. The van der Waals surface area contributed by atoms with E-state index in [1.54, 1.807) is 14.2 Å². The predicted molar refractivity (Wildman–Crippen MR) is 65.4 cm³/mol. The van der Waals surface area contributed by atoms with Crippen molar-refractivity contribution in [3.63, 3.8) is 0 Å². The zero-order valence-corrected chi connectivity index (χ0v) is 11.8. The number of carbonyl (C=O) groups excluding carboxylic acids is 1. The Bertz CT molecular complexity index is 224. The van der Waals surface area contributed by atoms with E-state index in [1.807, 2.05) is 4.90 Å². The van der Waals surface area contributed by atoms with Gasteiger partial charge in [0.25, 0.3) is 0 Å². The van der Waals surface area contributed by atoms with Crippen molar-refractivity contribution in [3.05, 3.63) is 0 Å². The van der Waals surface area contributed by atoms with Crippen LogP contribution in [0.2, 0.25) is 5.54 Å². The summed E-state index contributed by atoms with van der Waals surface area (Å²) in [5.41, 5.74) is 0.623. The molecule has 1 aliphatic rings. The molecule has 6 heteroatoms. The van der Waals surface area contributed by atoms with Crippen LogP contribution in [0.1, 0.15) is 13.3 Å². The van der Waals surface area contributed by atoms with Gasteiger partial charge in [-0.25, -0.2) is 4.79 Å². The van der Waals surface area contributed by atoms with Crippen LogP contribution in [0.5, 0.6) is 0 Å². The van der Waals surface area contributed by atoms with E-state index in [1.165, 1.54) is 0 Å². The molecule has 0 aromatic heterocycles. The van der Waals surface area contributed by atoms with Crippen molar-refractivity contribution in [1.29, 1.82) is 0 Å². The van der Waals surface area contributed by atoms with Gasteiger partial charge in [0.05, 0.1) is 9.52 Å². The molecule has 1 unspecified atom stereocenters. The lowest BCUT2D eigenvalue weighted by Crippen LogP contribution is -2.31. The summed E-state index contributed by atoms with van der Waals surface area (Å²) in [5.74, 6) is 0.00223. The molecule has 1 N–H and O–H groups in total. The normalized spacial score (nSPS) is 18.8. The van der Waals surface area contributed by atoms with Gasteiger partial charge in [-0.3, -0.25) is 0 Å². The Kier molecular flexibility index (Phi) is 5.79. The highest BCUT2D eigenvalue weighted by atomic mass is 28.2. The molecule has 1 fully saturated rings. The maximum absolute atomic E-state index is 11.3. The number of ether oxygens (including phenoxy) is 2. The second-order valence-corrected chi connectivity index (χ2v) is 6.78. The van der Waals surface area contributed by atoms with Crippen molar-refractivity contribution in [2.75, 3.05) is 33.9 Å². The van der Waals surface area contributed by atoms with E-state index in [9.17, 15) is 4.79 Å². The molecule has 5 nitrogen and oxygen atoms in total. The van der Waals surface area contributed by atoms with E-state index in [-0.39, 0.29) is 11.9 Å². The van der Waals surface area contributed by atoms with Crippen LogP contribution in [0.3, 0.4) is 0 Å². The van der Waals surface area contributed by atoms with Crippen molar-refractivity contribution in [2.24, 2.45) is 0 Å². The highest BCUT2D eigenvalue weighted by Crippen LogP contribution is 2.12. The van der Waals surface area contributed by atoms with Crippen molar-refractivity contribution in [3.8, 4) is 0 Å². The maximum atomic E-state index is 11.3. The number of urea groups is 1. The Balaban J connectivity index is 2.18. The van der Waals surface area contributed by atoms with Crippen molar-refractivity contribution >= 4 is 15.6 Å². The van der Waals surface area contributed by atoms with E-state index in [0.717, 1.165) is 26.1 Å². The number of rotatable bonds is 7. The lowest BCUT2D eigenvalue weighted by atomic mass is 10.3. The Labute approximate surface area is 99.3 Å². The molecule has 0 saturated carbocycles. The average Bonchev–Trinajstić information content (AvgIpc) is 2.69. The Morgan fingerprint density at radius 1 is 1.50 bits per heavy atom. The summed E-state index contributed by atoms with van der Waals surface area (Å²) < 4.78 is 10.4. The molecule has 94 valence electrons. The van der Waals surface area contributed by atoms with E-state index in [2.05, 4.69) is 12.2 Å². The van der Waals surface area contributed by atoms with E-state index < -0.39 is 9.52 Å². The first-order chi connectivity index (χ1) is 7.67. The number of methoxy groups -OCH3 is 2. The molecule has 0 radical (unpaired) electrons. The summed E-state index contributed by atoms with van der Waals surface area (Å²) in [7, 11) is 2.96. The second kappa shape index (κ2) is 6.88. The molecule has 0 spiro atoms. The predicted octanol–water partition coefficient (Wildman–Crippen LogP) is -0.0447. The molecular weight excluding hydrogens is 224 g/mol. The number of hydrogen-bond acceptors (Lipinski definition) is 3. The minimum absolute atomic E-state index is 0.00223. The van der Waals surface area contributed by atoms with Gasteiger partial charge in [0.2, 0.25) is 0 Å². The number of nitrogens with one attached hydrogen (secondary N) is 1. The Morgan fingerprint density at radius 2 is 2.19 bits per heavy atom. The minimum atomic E-state index is -0.408. The summed E-state index contributed by atoms with van der Waals surface area (Å²) in [6.45, 7) is 4.68. The smallest absolute Gasteiger partial charge is 0.317 e. The third-order valence-corrected chi connectivity index (χ3v) is 5.22. The molecular formula is C10H22N2O3Si. The molecule has 1 saturated heterocycles. The van der Waals surface area contributed by atoms with Crippen LogP contribution >= 0.6 is 0 Å². The monoisotopic (exact) mass is 246 g/mol. The van der Waals surface area contributed by atoms with Gasteiger partial charge in [-0.05, 0) is 12.0 Å². The first-order valence-electron chi connectivity index (χ1n) is 5.75. The average molecular weight is 246 g/mol. The van der Waals surface area contributed by atoms with Gasteiger partial charge in [0.15, 0.2) is 0 Å². The quantitative estimate of drug-likeness (QED) is 0.506. The third kappa shape index (κ3) is 4.11. The van der Waals surface area contributed by atoms with E-state index >= 15 is 0 Å². The topological polar surface area (TPSA) is 50.8 Å². The first kappa shape index (κ1) is 13.5. The number of carbonyl (C=O) groups is 1. The van der Waals surface area contributed by atoms with Crippen LogP contribution in [0.15, 0.2) is 0 Å². The highest BCUT2D eigenvalue weighted by Gasteiger charge is 2.20. The fraction of sp³-hybridized carbons (Fsp3) is 0.900. The van der Waals surface area contributed by atoms with Gasteiger partial charge in [-0.2, -0.15) is 0 Å². The summed E-state index contributed by atoms with van der Waals surface area (Å²) in [6, 6.07) is 0.0731. The highest BCUT2D eigenvalue weighted by molar-refractivity contribution is 6.38. The van der Waals surface area contributed by atoms with Gasteiger partial charge in [0.1, 0.15) is 5.91 Å². The van der Waals surface area contributed by atoms with Crippen LogP contribution in [0, 0.1) is 0 Å². The lowest BCUT2D eigenvalue weighted by Gasteiger charge is -2.20. The summed E-state index contributed by atoms with van der Waals surface area (Å²) in [4.78, 5) is 13.2. The minimum Gasteiger partial charge on any atom is -0.360 e. The summed E-state index contributed by atoms with van der Waals surface area (Å²) in [5, 5.41) is 2.81. The number of hydrogen-bond donors (Lipinski definition) is 1. The molecule has 2 amide bonds. The van der Waals surface area contributed by atoms with Crippen molar-refractivity contribution in [1.82, 2.24) is 10.2 Å². The fourth-order valence-corrected chi connectivity index (χ4v) is 3.30. The molecule has 1 rings (SSSR count). The largest absolute Gasteiger partial charge is 0.360 e. The first-order valence-corrected chi connectivity index (χ1v) is 7.39. The number of amides is 2. The molecule has 0 aromatic carbocycles. The van der Waals surface area contributed by atoms with Gasteiger partial charge in [-0.15, -0.1) is 0 Å². The fourth-order valence-electron chi connectivity index (χ4n) is 1.84. The van der Waals surface area contributed by atoms with Crippen LogP contribution in [-0.4, -0.2) is 60.2 Å². The van der Waals surface area contributed by atoms with Gasteiger partial charge >= 0.3 is 6.03 Å². The van der Waals surface area contributed by atoms with E-state index in [0.29, 0.717) is 5.54 Å². The molecule has 0 aliphatic carbocycles. The second-order valence-electron chi connectivity index (χ2n) is 4.25. The van der Waals surface area contributed by atoms with Crippen molar-refractivity contribution < 1.29 is 14.3 Å². The maximum Gasteiger partial charge on any atom is 0.317 e. The SMILES string of the molecule is COC(OC)[SiH2]C(C)CCN1CCNC1=O. The third-order valence-electron chi connectivity index (χ3n) is 2.96. The standard InChI is InChI=1S/C10H22N2O3Si/c1-8(16-10(14-2)15-3)4-6-12-7-5-11-9(12)13/h8,10H,4-7,16H2,1-3H3,(H,11,13). The number of nitrogens with zero attached hydrogens (tertiary/aromatic N) is 1. The van der Waals surface area contributed by atoms with Crippen LogP contribution < -0.4 is 5.32 Å². The van der Waals surface area contributed by atoms with Crippen molar-refractivity contribution in [2.45, 2.75) is 24.8 Å². The van der Waals surface area contributed by atoms with E-state index in [4.69, 9.17) is 9.47 Å². The van der Waals surface area contributed by atoms with Gasteiger partial charge < -0.3 is 19.7 Å². The Morgan fingerprint density at radius 3 is 2.69 bits per heavy atom. The van der Waals surface area contributed by atoms with Gasteiger partial charge in [0, 0.05) is 33.9 Å². The lowest BCUT2D eigenvalue weighted by molar-refractivity contribution is -0.0448. The molecule has 0 bridgehead atoms. The van der Waals surface area contributed by atoms with Crippen LogP contribution in [0.25, 0.3) is 0 Å². The molecule has 1 aliphatic heterocycles. The molecule has 1 heterocycles. The zero-order valence-electron chi connectivity index (χ0n) is 10.4. The molecule has 1 atom stereocenters. The van der Waals surface area contributed by atoms with Gasteiger partial charge in [-0.1, -0.05) is 6.92 Å². The van der Waals surface area contributed by atoms with Crippen LogP contribution in [-0.2, 0) is 9.47 Å². The Hall–Kier alpha value is -0.593. The summed E-state index contributed by atoms with van der Waals surface area (Å²) in [6.07, 6.45) is 1.04. The summed E-state index contributed by atoms with van der Waals surface area (Å²) >= 11 is 0. The molecule has 16 heavy (non-hydrogen) atoms. The van der Waals surface area contributed by atoms with Crippen LogP contribution in [0.4, 0.5) is 4.79 Å². The molecule has 0 aromatic rings.